The molecule has 0 amide bonds. The van der Waals surface area contributed by atoms with Crippen LogP contribution in [0.15, 0.2) is 12.1 Å². The molecule has 1 heterocycles. The Morgan fingerprint density at radius 2 is 2.06 bits per heavy atom. The number of halogens is 1. The first-order valence-electron chi connectivity index (χ1n) is 6.64. The van der Waals surface area contributed by atoms with Gasteiger partial charge in [0.25, 0.3) is 0 Å². The maximum Gasteiger partial charge on any atom is 0.0932 e. The van der Waals surface area contributed by atoms with Crippen molar-refractivity contribution < 1.29 is 5.11 Å². The summed E-state index contributed by atoms with van der Waals surface area (Å²) in [5.74, 6) is 1.34. The Balaban J connectivity index is 1.88. The zero-order valence-electron chi connectivity index (χ0n) is 10.4. The molecule has 1 aromatic rings. The van der Waals surface area contributed by atoms with Crippen LogP contribution in [0.25, 0.3) is 0 Å². The lowest BCUT2D eigenvalue weighted by atomic mass is 9.77. The molecule has 0 saturated heterocycles. The van der Waals surface area contributed by atoms with Crippen molar-refractivity contribution in [2.24, 2.45) is 11.8 Å². The van der Waals surface area contributed by atoms with Gasteiger partial charge in [-0.05, 0) is 36.8 Å². The Morgan fingerprint density at radius 1 is 1.35 bits per heavy atom. The van der Waals surface area contributed by atoms with E-state index in [1.54, 1.807) is 0 Å². The lowest BCUT2D eigenvalue weighted by molar-refractivity contribution is 0.0750. The maximum absolute atomic E-state index is 10.3. The van der Waals surface area contributed by atoms with Crippen LogP contribution < -0.4 is 0 Å². The molecule has 1 aliphatic carbocycles. The molecule has 0 bridgehead atoms. The normalized spacial score (nSPS) is 27.0. The molecule has 1 N–H and O–H groups in total. The van der Waals surface area contributed by atoms with Crippen LogP contribution in [0.5, 0.6) is 0 Å². The summed E-state index contributed by atoms with van der Waals surface area (Å²) >= 11 is 7.43. The van der Waals surface area contributed by atoms with E-state index in [2.05, 4.69) is 6.92 Å². The molecule has 0 aromatic carbocycles. The Labute approximate surface area is 113 Å². The van der Waals surface area contributed by atoms with Gasteiger partial charge in [-0.1, -0.05) is 44.2 Å². The van der Waals surface area contributed by atoms with Gasteiger partial charge in [0, 0.05) is 4.88 Å². The second kappa shape index (κ2) is 6.21. The van der Waals surface area contributed by atoms with Gasteiger partial charge in [0.05, 0.1) is 10.4 Å². The Hall–Kier alpha value is -0.0500. The summed E-state index contributed by atoms with van der Waals surface area (Å²) in [5.41, 5.74) is 0. The molecular weight excluding hydrogens is 252 g/mol. The first-order chi connectivity index (χ1) is 8.20. The van der Waals surface area contributed by atoms with E-state index in [1.807, 2.05) is 12.1 Å². The standard InChI is InChI=1S/C14H21ClOS/c1-2-3-10-4-6-11(7-5-10)14(16)12-8-9-13(15)17-12/h8-11,14,16H,2-7H2,1H3. The fraction of sp³-hybridized carbons (Fsp3) is 0.714. The molecule has 1 atom stereocenters. The van der Waals surface area contributed by atoms with Gasteiger partial charge < -0.3 is 5.11 Å². The highest BCUT2D eigenvalue weighted by Crippen LogP contribution is 2.40. The third-order valence-corrected chi connectivity index (χ3v) is 5.22. The van der Waals surface area contributed by atoms with Gasteiger partial charge in [0.15, 0.2) is 0 Å². The number of thiophene rings is 1. The van der Waals surface area contributed by atoms with Gasteiger partial charge in [0.1, 0.15) is 0 Å². The summed E-state index contributed by atoms with van der Waals surface area (Å²) in [7, 11) is 0. The van der Waals surface area contributed by atoms with Gasteiger partial charge in [-0.15, -0.1) is 11.3 Å². The van der Waals surface area contributed by atoms with Crippen molar-refractivity contribution >= 4 is 22.9 Å². The van der Waals surface area contributed by atoms with E-state index >= 15 is 0 Å². The smallest absolute Gasteiger partial charge is 0.0932 e. The van der Waals surface area contributed by atoms with Crippen molar-refractivity contribution in [3.8, 4) is 0 Å². The fourth-order valence-corrected chi connectivity index (χ4v) is 4.06. The second-order valence-corrected chi connectivity index (χ2v) is 6.90. The zero-order valence-corrected chi connectivity index (χ0v) is 11.9. The van der Waals surface area contributed by atoms with E-state index in [4.69, 9.17) is 11.6 Å². The van der Waals surface area contributed by atoms with E-state index in [0.29, 0.717) is 5.92 Å². The van der Waals surface area contributed by atoms with Crippen LogP contribution in [0.1, 0.15) is 56.4 Å². The maximum atomic E-state index is 10.3. The van der Waals surface area contributed by atoms with Crippen LogP contribution in [0, 0.1) is 11.8 Å². The van der Waals surface area contributed by atoms with Crippen molar-refractivity contribution in [1.82, 2.24) is 0 Å². The average Bonchev–Trinajstić information content (AvgIpc) is 2.76. The monoisotopic (exact) mass is 272 g/mol. The largest absolute Gasteiger partial charge is 0.387 e. The van der Waals surface area contributed by atoms with E-state index in [9.17, 15) is 5.11 Å². The van der Waals surface area contributed by atoms with E-state index in [-0.39, 0.29) is 6.10 Å². The topological polar surface area (TPSA) is 20.2 Å². The van der Waals surface area contributed by atoms with Crippen LogP contribution in [0.3, 0.4) is 0 Å². The minimum Gasteiger partial charge on any atom is -0.387 e. The van der Waals surface area contributed by atoms with Crippen molar-refractivity contribution in [1.29, 1.82) is 0 Å². The summed E-state index contributed by atoms with van der Waals surface area (Å²) in [6.45, 7) is 2.26. The lowest BCUT2D eigenvalue weighted by Crippen LogP contribution is -2.19. The van der Waals surface area contributed by atoms with Gasteiger partial charge in [-0.25, -0.2) is 0 Å². The van der Waals surface area contributed by atoms with Crippen LogP contribution in [-0.2, 0) is 0 Å². The molecule has 1 fully saturated rings. The summed E-state index contributed by atoms with van der Waals surface area (Å²) < 4.78 is 0.777. The summed E-state index contributed by atoms with van der Waals surface area (Å²) in [4.78, 5) is 1.04. The van der Waals surface area contributed by atoms with Crippen molar-refractivity contribution in [2.45, 2.75) is 51.6 Å². The molecule has 17 heavy (non-hydrogen) atoms. The van der Waals surface area contributed by atoms with Crippen LogP contribution >= 0.6 is 22.9 Å². The van der Waals surface area contributed by atoms with Crippen molar-refractivity contribution in [3.63, 3.8) is 0 Å². The molecule has 0 radical (unpaired) electrons. The number of rotatable bonds is 4. The minimum atomic E-state index is -0.296. The van der Waals surface area contributed by atoms with Crippen molar-refractivity contribution in [2.75, 3.05) is 0 Å². The summed E-state index contributed by atoms with van der Waals surface area (Å²) in [6.07, 6.45) is 7.26. The van der Waals surface area contributed by atoms with Gasteiger partial charge in [0.2, 0.25) is 0 Å². The first-order valence-corrected chi connectivity index (χ1v) is 7.83. The van der Waals surface area contributed by atoms with Crippen molar-refractivity contribution in [3.05, 3.63) is 21.3 Å². The number of aliphatic hydroxyl groups excluding tert-OH is 1. The third-order valence-electron chi connectivity index (χ3n) is 3.92. The second-order valence-electron chi connectivity index (χ2n) is 5.16. The minimum absolute atomic E-state index is 0.296. The predicted molar refractivity (Wildman–Crippen MR) is 74.6 cm³/mol. The SMILES string of the molecule is CCCC1CCC(C(O)c2ccc(Cl)s2)CC1. The fourth-order valence-electron chi connectivity index (χ4n) is 2.92. The molecule has 1 unspecified atom stereocenters. The molecular formula is C14H21ClOS. The number of hydrogen-bond acceptors (Lipinski definition) is 2. The third kappa shape index (κ3) is 3.46. The lowest BCUT2D eigenvalue weighted by Gasteiger charge is -2.31. The average molecular weight is 273 g/mol. The molecule has 1 nitrogen and oxygen atoms in total. The van der Waals surface area contributed by atoms with E-state index in [1.165, 1.54) is 49.9 Å². The molecule has 96 valence electrons. The highest BCUT2D eigenvalue weighted by atomic mass is 35.5. The van der Waals surface area contributed by atoms with Crippen LogP contribution in [0.4, 0.5) is 0 Å². The summed E-state index contributed by atoms with van der Waals surface area (Å²) in [5, 5.41) is 10.3. The number of aliphatic hydroxyl groups is 1. The van der Waals surface area contributed by atoms with Gasteiger partial charge in [-0.2, -0.15) is 0 Å². The molecule has 2 rings (SSSR count). The van der Waals surface area contributed by atoms with Gasteiger partial charge >= 0.3 is 0 Å². The summed E-state index contributed by atoms with van der Waals surface area (Å²) in [6, 6.07) is 3.85. The highest BCUT2D eigenvalue weighted by molar-refractivity contribution is 7.16. The van der Waals surface area contributed by atoms with E-state index in [0.717, 1.165) is 15.1 Å². The quantitative estimate of drug-likeness (QED) is 0.814. The Bertz CT molecular complexity index is 342. The Morgan fingerprint density at radius 3 is 2.59 bits per heavy atom. The van der Waals surface area contributed by atoms with Crippen LogP contribution in [0.2, 0.25) is 4.34 Å². The molecule has 1 saturated carbocycles. The first kappa shape index (κ1) is 13.4. The van der Waals surface area contributed by atoms with Crippen LogP contribution in [-0.4, -0.2) is 5.11 Å². The predicted octanol–water partition coefficient (Wildman–Crippen LogP) is 5.04. The molecule has 3 heteroatoms. The highest BCUT2D eigenvalue weighted by Gasteiger charge is 2.27. The molecule has 0 spiro atoms. The zero-order chi connectivity index (χ0) is 12.3. The molecule has 1 aliphatic rings. The van der Waals surface area contributed by atoms with Gasteiger partial charge in [-0.3, -0.25) is 0 Å². The molecule has 0 aliphatic heterocycles. The molecule has 1 aromatic heterocycles. The Kier molecular flexibility index (Phi) is 4.89. The number of hydrogen-bond donors (Lipinski definition) is 1. The van der Waals surface area contributed by atoms with E-state index < -0.39 is 0 Å².